The molecule has 0 aromatic carbocycles. The Morgan fingerprint density at radius 3 is 3.06 bits per heavy atom. The van der Waals surface area contributed by atoms with E-state index in [9.17, 15) is 0 Å². The van der Waals surface area contributed by atoms with Gasteiger partial charge in [-0.05, 0) is 12.8 Å². The normalized spacial score (nSPS) is 26.6. The van der Waals surface area contributed by atoms with E-state index in [1.165, 1.54) is 37.0 Å². The van der Waals surface area contributed by atoms with Crippen LogP contribution in [-0.2, 0) is 11.3 Å². The Labute approximate surface area is 101 Å². The second-order valence-electron chi connectivity index (χ2n) is 4.37. The van der Waals surface area contributed by atoms with Gasteiger partial charge in [-0.2, -0.15) is 0 Å². The Hall–Kier alpha value is -0.450. The van der Waals surface area contributed by atoms with Crippen LogP contribution in [-0.4, -0.2) is 24.2 Å². The number of hydrogen-bond donors (Lipinski definition) is 1. The van der Waals surface area contributed by atoms with E-state index in [-0.39, 0.29) is 0 Å². The molecule has 2 atom stereocenters. The molecule has 0 bridgehead atoms. The van der Waals surface area contributed by atoms with E-state index in [4.69, 9.17) is 4.74 Å². The van der Waals surface area contributed by atoms with Crippen molar-refractivity contribution in [2.45, 2.75) is 50.8 Å². The summed E-state index contributed by atoms with van der Waals surface area (Å²) >= 11 is 1.71. The third-order valence-electron chi connectivity index (χ3n) is 3.28. The van der Waals surface area contributed by atoms with Crippen molar-refractivity contribution in [3.8, 4) is 0 Å². The van der Waals surface area contributed by atoms with Gasteiger partial charge in [-0.15, -0.1) is 11.3 Å². The van der Waals surface area contributed by atoms with Gasteiger partial charge in [0, 0.05) is 30.8 Å². The molecule has 1 aromatic heterocycles. The van der Waals surface area contributed by atoms with Crippen molar-refractivity contribution in [1.82, 2.24) is 10.3 Å². The highest BCUT2D eigenvalue weighted by Gasteiger charge is 2.22. The van der Waals surface area contributed by atoms with Gasteiger partial charge in [-0.3, -0.25) is 4.98 Å². The molecule has 4 heteroatoms. The van der Waals surface area contributed by atoms with E-state index in [1.807, 2.05) is 18.8 Å². The van der Waals surface area contributed by atoms with Gasteiger partial charge in [0.15, 0.2) is 0 Å². The molecule has 1 aliphatic rings. The minimum absolute atomic E-state index is 0.385. The van der Waals surface area contributed by atoms with Crippen LogP contribution < -0.4 is 5.32 Å². The summed E-state index contributed by atoms with van der Waals surface area (Å²) in [5.41, 5.74) is 1.89. The van der Waals surface area contributed by atoms with Crippen molar-refractivity contribution < 1.29 is 4.74 Å². The maximum Gasteiger partial charge on any atom is 0.0794 e. The zero-order valence-electron chi connectivity index (χ0n) is 9.82. The fourth-order valence-corrected chi connectivity index (χ4v) is 2.90. The summed E-state index contributed by atoms with van der Waals surface area (Å²) in [5, 5.41) is 3.61. The van der Waals surface area contributed by atoms with Crippen LogP contribution in [0.2, 0.25) is 0 Å². The van der Waals surface area contributed by atoms with Crippen molar-refractivity contribution in [3.05, 3.63) is 16.6 Å². The summed E-state index contributed by atoms with van der Waals surface area (Å²) in [6, 6.07) is 0.509. The zero-order chi connectivity index (χ0) is 11.2. The third kappa shape index (κ3) is 3.27. The van der Waals surface area contributed by atoms with E-state index in [1.54, 1.807) is 11.3 Å². The topological polar surface area (TPSA) is 34.1 Å². The molecule has 1 N–H and O–H groups in total. The fourth-order valence-electron chi connectivity index (χ4n) is 2.35. The minimum atomic E-state index is 0.385. The van der Waals surface area contributed by atoms with Crippen LogP contribution in [0.25, 0.3) is 0 Å². The molecule has 1 aliphatic carbocycles. The Morgan fingerprint density at radius 1 is 1.44 bits per heavy atom. The predicted octanol–water partition coefficient (Wildman–Crippen LogP) is 2.58. The van der Waals surface area contributed by atoms with E-state index in [2.05, 4.69) is 10.3 Å². The standard InChI is InChI=1S/C12H20N2OS/c1-15-12-6-4-2-3-5-11(12)14-8-10-7-13-9-16-10/h7,9,11-12,14H,2-6,8H2,1H3. The first-order valence-electron chi connectivity index (χ1n) is 6.03. The summed E-state index contributed by atoms with van der Waals surface area (Å²) in [7, 11) is 1.83. The summed E-state index contributed by atoms with van der Waals surface area (Å²) < 4.78 is 5.58. The highest BCUT2D eigenvalue weighted by molar-refractivity contribution is 7.09. The van der Waals surface area contributed by atoms with E-state index in [0.29, 0.717) is 12.1 Å². The number of aromatic nitrogens is 1. The Kier molecular flexibility index (Phi) is 4.75. The van der Waals surface area contributed by atoms with Crippen molar-refractivity contribution in [1.29, 1.82) is 0 Å². The average molecular weight is 240 g/mol. The number of rotatable bonds is 4. The van der Waals surface area contributed by atoms with Crippen molar-refractivity contribution in [2.24, 2.45) is 0 Å². The molecule has 0 spiro atoms. The molecule has 1 saturated carbocycles. The van der Waals surface area contributed by atoms with Gasteiger partial charge in [0.05, 0.1) is 11.6 Å². The monoisotopic (exact) mass is 240 g/mol. The summed E-state index contributed by atoms with van der Waals surface area (Å²) in [5.74, 6) is 0. The maximum absolute atomic E-state index is 5.58. The molecule has 0 amide bonds. The summed E-state index contributed by atoms with van der Waals surface area (Å²) in [6.07, 6.45) is 8.72. The highest BCUT2D eigenvalue weighted by atomic mass is 32.1. The Balaban J connectivity index is 1.85. The molecule has 1 heterocycles. The molecule has 2 unspecified atom stereocenters. The molecule has 0 saturated heterocycles. The second-order valence-corrected chi connectivity index (χ2v) is 5.34. The van der Waals surface area contributed by atoms with Crippen LogP contribution in [0.4, 0.5) is 0 Å². The molecule has 1 aromatic rings. The number of nitrogens with zero attached hydrogens (tertiary/aromatic N) is 1. The first kappa shape index (κ1) is 12.0. The lowest BCUT2D eigenvalue weighted by Gasteiger charge is -2.24. The van der Waals surface area contributed by atoms with Crippen LogP contribution in [0.15, 0.2) is 11.7 Å². The van der Waals surface area contributed by atoms with Crippen molar-refractivity contribution in [3.63, 3.8) is 0 Å². The zero-order valence-corrected chi connectivity index (χ0v) is 10.6. The van der Waals surface area contributed by atoms with E-state index >= 15 is 0 Å². The van der Waals surface area contributed by atoms with Crippen molar-refractivity contribution in [2.75, 3.05) is 7.11 Å². The molecule has 3 nitrogen and oxygen atoms in total. The predicted molar refractivity (Wildman–Crippen MR) is 66.6 cm³/mol. The first-order valence-corrected chi connectivity index (χ1v) is 6.91. The van der Waals surface area contributed by atoms with Crippen LogP contribution in [0, 0.1) is 0 Å². The molecular formula is C12H20N2OS. The largest absolute Gasteiger partial charge is 0.380 e. The molecule has 0 aliphatic heterocycles. The van der Waals surface area contributed by atoms with Crippen LogP contribution in [0.3, 0.4) is 0 Å². The minimum Gasteiger partial charge on any atom is -0.380 e. The smallest absolute Gasteiger partial charge is 0.0794 e. The van der Waals surface area contributed by atoms with Crippen molar-refractivity contribution >= 4 is 11.3 Å². The average Bonchev–Trinajstić information content (AvgIpc) is 2.71. The number of methoxy groups -OCH3 is 1. The number of ether oxygens (including phenoxy) is 1. The van der Waals surface area contributed by atoms with E-state index in [0.717, 1.165) is 6.54 Å². The molecule has 0 radical (unpaired) electrons. The lowest BCUT2D eigenvalue weighted by Crippen LogP contribution is -2.39. The van der Waals surface area contributed by atoms with Gasteiger partial charge in [-0.25, -0.2) is 0 Å². The van der Waals surface area contributed by atoms with Gasteiger partial charge in [0.1, 0.15) is 0 Å². The maximum atomic E-state index is 5.58. The van der Waals surface area contributed by atoms with Gasteiger partial charge < -0.3 is 10.1 Å². The third-order valence-corrected chi connectivity index (χ3v) is 4.06. The molecule has 16 heavy (non-hydrogen) atoms. The van der Waals surface area contributed by atoms with Gasteiger partial charge in [0.25, 0.3) is 0 Å². The lowest BCUT2D eigenvalue weighted by molar-refractivity contribution is 0.0626. The molecule has 90 valence electrons. The second kappa shape index (κ2) is 6.33. The Bertz CT molecular complexity index is 289. The van der Waals surface area contributed by atoms with Crippen LogP contribution >= 0.6 is 11.3 Å². The molecule has 2 rings (SSSR count). The van der Waals surface area contributed by atoms with Crippen LogP contribution in [0.1, 0.15) is 37.0 Å². The van der Waals surface area contributed by atoms with Gasteiger partial charge >= 0.3 is 0 Å². The SMILES string of the molecule is COC1CCCCCC1NCc1cncs1. The Morgan fingerprint density at radius 2 is 2.31 bits per heavy atom. The van der Waals surface area contributed by atoms with Gasteiger partial charge in [0.2, 0.25) is 0 Å². The van der Waals surface area contributed by atoms with Gasteiger partial charge in [-0.1, -0.05) is 19.3 Å². The van der Waals surface area contributed by atoms with E-state index < -0.39 is 0 Å². The quantitative estimate of drug-likeness (QED) is 0.821. The fraction of sp³-hybridized carbons (Fsp3) is 0.750. The number of nitrogens with one attached hydrogen (secondary N) is 1. The molecule has 1 fully saturated rings. The summed E-state index contributed by atoms with van der Waals surface area (Å²) in [6.45, 7) is 0.926. The lowest BCUT2D eigenvalue weighted by atomic mass is 10.1. The number of hydrogen-bond acceptors (Lipinski definition) is 4. The molecular weight excluding hydrogens is 220 g/mol. The summed E-state index contributed by atoms with van der Waals surface area (Å²) in [4.78, 5) is 5.40. The first-order chi connectivity index (χ1) is 7.90. The highest BCUT2D eigenvalue weighted by Crippen LogP contribution is 2.20. The van der Waals surface area contributed by atoms with Crippen LogP contribution in [0.5, 0.6) is 0 Å². The number of thiazole rings is 1.